The highest BCUT2D eigenvalue weighted by molar-refractivity contribution is 5.91. The summed E-state index contributed by atoms with van der Waals surface area (Å²) >= 11 is 0. The zero-order valence-electron chi connectivity index (χ0n) is 13.3. The summed E-state index contributed by atoms with van der Waals surface area (Å²) in [5.41, 5.74) is 0.0682. The standard InChI is InChI=1S/C17H23NO3/c1-6-12-18(16(19)21-17(3,4)5)14-10-8-9-11-15(14)20-13-7-2/h6-13H,1-5H3/b12-6+,13-7+. The fourth-order valence-electron chi connectivity index (χ4n) is 1.60. The molecule has 21 heavy (non-hydrogen) atoms. The van der Waals surface area contributed by atoms with Crippen LogP contribution < -0.4 is 9.64 Å². The van der Waals surface area contributed by atoms with Crippen molar-refractivity contribution in [2.75, 3.05) is 4.90 Å². The first kappa shape index (κ1) is 16.8. The second-order valence-corrected chi connectivity index (χ2v) is 5.39. The number of rotatable bonds is 4. The minimum atomic E-state index is -0.559. The number of hydrogen-bond donors (Lipinski definition) is 0. The number of nitrogens with zero attached hydrogens (tertiary/aromatic N) is 1. The first-order chi connectivity index (χ1) is 9.89. The summed E-state index contributed by atoms with van der Waals surface area (Å²) in [6, 6.07) is 7.31. The maximum Gasteiger partial charge on any atom is 0.419 e. The van der Waals surface area contributed by atoms with Gasteiger partial charge in [-0.1, -0.05) is 24.3 Å². The summed E-state index contributed by atoms with van der Waals surface area (Å²) in [6.07, 6.45) is 6.34. The van der Waals surface area contributed by atoms with Crippen LogP contribution in [0.15, 0.2) is 48.9 Å². The molecule has 0 aromatic heterocycles. The van der Waals surface area contributed by atoms with Crippen LogP contribution in [0.5, 0.6) is 5.75 Å². The van der Waals surface area contributed by atoms with Gasteiger partial charge >= 0.3 is 6.09 Å². The Morgan fingerprint density at radius 1 is 1.14 bits per heavy atom. The molecule has 0 aliphatic heterocycles. The first-order valence-electron chi connectivity index (χ1n) is 6.91. The molecule has 0 aliphatic carbocycles. The lowest BCUT2D eigenvalue weighted by atomic mass is 10.2. The molecular weight excluding hydrogens is 266 g/mol. The van der Waals surface area contributed by atoms with E-state index >= 15 is 0 Å². The lowest BCUT2D eigenvalue weighted by Crippen LogP contribution is -2.33. The molecule has 0 fully saturated rings. The van der Waals surface area contributed by atoms with E-state index in [1.54, 1.807) is 30.7 Å². The number of carbonyl (C=O) groups is 1. The first-order valence-corrected chi connectivity index (χ1v) is 6.91. The molecule has 1 amide bonds. The highest BCUT2D eigenvalue weighted by Gasteiger charge is 2.23. The summed E-state index contributed by atoms with van der Waals surface area (Å²) in [5.74, 6) is 0.583. The molecule has 0 saturated carbocycles. The Hall–Kier alpha value is -2.23. The maximum absolute atomic E-state index is 12.4. The van der Waals surface area contributed by atoms with Gasteiger partial charge in [-0.25, -0.2) is 9.69 Å². The molecule has 1 aromatic carbocycles. The quantitative estimate of drug-likeness (QED) is 0.742. The van der Waals surface area contributed by atoms with E-state index in [0.29, 0.717) is 11.4 Å². The van der Waals surface area contributed by atoms with Crippen molar-refractivity contribution < 1.29 is 14.3 Å². The fourth-order valence-corrected chi connectivity index (χ4v) is 1.60. The molecule has 1 aromatic rings. The Morgan fingerprint density at radius 3 is 2.38 bits per heavy atom. The number of anilines is 1. The van der Waals surface area contributed by atoms with Crippen LogP contribution in [0.1, 0.15) is 34.6 Å². The zero-order valence-corrected chi connectivity index (χ0v) is 13.3. The molecule has 4 heteroatoms. The second kappa shape index (κ2) is 7.53. The van der Waals surface area contributed by atoms with Crippen LogP contribution in [0.3, 0.4) is 0 Å². The largest absolute Gasteiger partial charge is 0.463 e. The number of benzene rings is 1. The minimum Gasteiger partial charge on any atom is -0.463 e. The number of hydrogen-bond acceptors (Lipinski definition) is 3. The van der Waals surface area contributed by atoms with Crippen molar-refractivity contribution in [2.45, 2.75) is 40.2 Å². The third kappa shape index (κ3) is 5.34. The Morgan fingerprint density at radius 2 is 1.81 bits per heavy atom. The third-order valence-electron chi connectivity index (χ3n) is 2.34. The summed E-state index contributed by atoms with van der Waals surface area (Å²) in [7, 11) is 0. The van der Waals surface area contributed by atoms with Crippen molar-refractivity contribution >= 4 is 11.8 Å². The lowest BCUT2D eigenvalue weighted by molar-refractivity contribution is 0.0596. The van der Waals surface area contributed by atoms with Crippen molar-refractivity contribution in [1.29, 1.82) is 0 Å². The zero-order chi connectivity index (χ0) is 15.9. The Kier molecular flexibility index (Phi) is 6.03. The Labute approximate surface area is 126 Å². The van der Waals surface area contributed by atoms with Gasteiger partial charge in [-0.2, -0.15) is 0 Å². The molecule has 0 radical (unpaired) electrons. The molecule has 1 rings (SSSR count). The van der Waals surface area contributed by atoms with Gasteiger partial charge in [-0.15, -0.1) is 0 Å². The molecule has 114 valence electrons. The van der Waals surface area contributed by atoms with Crippen molar-refractivity contribution in [2.24, 2.45) is 0 Å². The highest BCUT2D eigenvalue weighted by Crippen LogP contribution is 2.30. The van der Waals surface area contributed by atoms with Crippen molar-refractivity contribution in [3.8, 4) is 5.75 Å². The second-order valence-electron chi connectivity index (χ2n) is 5.39. The molecule has 0 saturated heterocycles. The highest BCUT2D eigenvalue weighted by atomic mass is 16.6. The smallest absolute Gasteiger partial charge is 0.419 e. The molecule has 0 bridgehead atoms. The molecule has 0 unspecified atom stereocenters. The van der Waals surface area contributed by atoms with Gasteiger partial charge in [0.15, 0.2) is 5.75 Å². The minimum absolute atomic E-state index is 0.447. The Bertz CT molecular complexity index is 527. The number of carbonyl (C=O) groups excluding carboxylic acids is 1. The van der Waals surface area contributed by atoms with Gasteiger partial charge in [0.25, 0.3) is 0 Å². The van der Waals surface area contributed by atoms with Crippen LogP contribution in [-0.2, 0) is 4.74 Å². The average molecular weight is 289 g/mol. The molecule has 0 spiro atoms. The molecule has 0 N–H and O–H groups in total. The van der Waals surface area contributed by atoms with Gasteiger partial charge in [0.05, 0.1) is 11.9 Å². The normalized spacial score (nSPS) is 11.9. The van der Waals surface area contributed by atoms with Gasteiger partial charge < -0.3 is 9.47 Å². The van der Waals surface area contributed by atoms with Crippen LogP contribution in [0.4, 0.5) is 10.5 Å². The summed E-state index contributed by atoms with van der Waals surface area (Å²) in [4.78, 5) is 13.8. The van der Waals surface area contributed by atoms with Crippen LogP contribution in [-0.4, -0.2) is 11.7 Å². The molecule has 4 nitrogen and oxygen atoms in total. The van der Waals surface area contributed by atoms with E-state index in [1.165, 1.54) is 4.90 Å². The van der Waals surface area contributed by atoms with Crippen LogP contribution in [0.2, 0.25) is 0 Å². The van der Waals surface area contributed by atoms with Crippen LogP contribution in [0.25, 0.3) is 0 Å². The number of para-hydroxylation sites is 2. The summed E-state index contributed by atoms with van der Waals surface area (Å²) in [6.45, 7) is 9.20. The molecular formula is C17H23NO3. The van der Waals surface area contributed by atoms with Gasteiger partial charge in [-0.05, 0) is 46.8 Å². The maximum atomic E-state index is 12.4. The van der Waals surface area contributed by atoms with E-state index < -0.39 is 11.7 Å². The SMILES string of the molecule is C/C=C/Oc1ccccc1N(/C=C/C)C(=O)OC(C)(C)C. The topological polar surface area (TPSA) is 38.8 Å². The van der Waals surface area contributed by atoms with E-state index in [1.807, 2.05) is 52.8 Å². The molecule has 0 atom stereocenters. The van der Waals surface area contributed by atoms with E-state index in [-0.39, 0.29) is 0 Å². The van der Waals surface area contributed by atoms with Gasteiger partial charge in [-0.3, -0.25) is 0 Å². The summed E-state index contributed by atoms with van der Waals surface area (Å²) in [5, 5.41) is 0. The lowest BCUT2D eigenvalue weighted by Gasteiger charge is -2.26. The summed E-state index contributed by atoms with van der Waals surface area (Å²) < 4.78 is 11.0. The van der Waals surface area contributed by atoms with Gasteiger partial charge in [0.1, 0.15) is 5.60 Å². The Balaban J connectivity index is 3.14. The molecule has 0 aliphatic rings. The van der Waals surface area contributed by atoms with Gasteiger partial charge in [0.2, 0.25) is 0 Å². The number of amides is 1. The van der Waals surface area contributed by atoms with E-state index in [4.69, 9.17) is 9.47 Å². The van der Waals surface area contributed by atoms with Crippen LogP contribution >= 0.6 is 0 Å². The average Bonchev–Trinajstić information content (AvgIpc) is 2.41. The van der Waals surface area contributed by atoms with E-state index in [2.05, 4.69) is 0 Å². The predicted molar refractivity (Wildman–Crippen MR) is 85.4 cm³/mol. The monoisotopic (exact) mass is 289 g/mol. The number of ether oxygens (including phenoxy) is 2. The van der Waals surface area contributed by atoms with E-state index in [9.17, 15) is 4.79 Å². The number of allylic oxidation sites excluding steroid dienone is 2. The molecule has 0 heterocycles. The van der Waals surface area contributed by atoms with Crippen LogP contribution in [0, 0.1) is 0 Å². The fraction of sp³-hybridized carbons (Fsp3) is 0.353. The van der Waals surface area contributed by atoms with Crippen molar-refractivity contribution in [3.05, 3.63) is 48.9 Å². The van der Waals surface area contributed by atoms with Crippen molar-refractivity contribution in [1.82, 2.24) is 0 Å². The predicted octanol–water partition coefficient (Wildman–Crippen LogP) is 4.87. The third-order valence-corrected chi connectivity index (χ3v) is 2.34. The van der Waals surface area contributed by atoms with Gasteiger partial charge in [0, 0.05) is 6.20 Å². The van der Waals surface area contributed by atoms with E-state index in [0.717, 1.165) is 0 Å². The van der Waals surface area contributed by atoms with Crippen molar-refractivity contribution in [3.63, 3.8) is 0 Å².